The minimum absolute atomic E-state index is 0.0799. The largest absolute Gasteiger partial charge is 0.455 e. The molecule has 2 atom stereocenters. The van der Waals surface area contributed by atoms with Crippen LogP contribution in [0.25, 0.3) is 0 Å². The van der Waals surface area contributed by atoms with Crippen molar-refractivity contribution in [1.29, 1.82) is 0 Å². The number of ether oxygens (including phenoxy) is 1. The summed E-state index contributed by atoms with van der Waals surface area (Å²) in [4.78, 5) is 12.6. The van der Waals surface area contributed by atoms with Crippen molar-refractivity contribution < 1.29 is 9.53 Å². The van der Waals surface area contributed by atoms with Crippen molar-refractivity contribution in [1.82, 2.24) is 5.32 Å². The number of para-hydroxylation sites is 2. The molecule has 2 aromatic carbocycles. The van der Waals surface area contributed by atoms with Crippen LogP contribution >= 0.6 is 0 Å². The fourth-order valence-corrected chi connectivity index (χ4v) is 4.20. The van der Waals surface area contributed by atoms with E-state index in [1.807, 2.05) is 55.5 Å². The number of amides is 1. The number of nitrogens with one attached hydrogen (secondary N) is 2. The predicted molar refractivity (Wildman–Crippen MR) is 104 cm³/mol. The van der Waals surface area contributed by atoms with E-state index in [2.05, 4.69) is 10.6 Å². The SMILES string of the molecule is Cc1ccc(Oc2ccccc2NC(=O)CC2CC3CCC(C2)N3)cc1. The van der Waals surface area contributed by atoms with Crippen LogP contribution in [-0.2, 0) is 4.79 Å². The molecule has 2 fully saturated rings. The molecule has 136 valence electrons. The molecule has 4 rings (SSSR count). The first-order valence-electron chi connectivity index (χ1n) is 9.55. The van der Waals surface area contributed by atoms with Gasteiger partial charge in [0.25, 0.3) is 0 Å². The predicted octanol–water partition coefficient (Wildman–Crippen LogP) is 4.65. The Morgan fingerprint density at radius 3 is 2.50 bits per heavy atom. The van der Waals surface area contributed by atoms with Gasteiger partial charge in [0.05, 0.1) is 5.69 Å². The lowest BCUT2D eigenvalue weighted by atomic mass is 9.89. The van der Waals surface area contributed by atoms with Crippen LogP contribution in [0.15, 0.2) is 48.5 Å². The average molecular weight is 350 g/mol. The van der Waals surface area contributed by atoms with E-state index >= 15 is 0 Å². The fraction of sp³-hybridized carbons (Fsp3) is 0.409. The molecular formula is C22H26N2O2. The molecule has 4 heteroatoms. The van der Waals surface area contributed by atoms with Gasteiger partial charge in [0.2, 0.25) is 5.91 Å². The molecule has 2 unspecified atom stereocenters. The summed E-state index contributed by atoms with van der Waals surface area (Å²) in [6, 6.07) is 16.8. The van der Waals surface area contributed by atoms with Gasteiger partial charge < -0.3 is 15.4 Å². The van der Waals surface area contributed by atoms with Crippen LogP contribution in [0.4, 0.5) is 5.69 Å². The Morgan fingerprint density at radius 1 is 1.08 bits per heavy atom. The quantitative estimate of drug-likeness (QED) is 0.825. The minimum Gasteiger partial charge on any atom is -0.455 e. The van der Waals surface area contributed by atoms with E-state index in [9.17, 15) is 4.79 Å². The highest BCUT2D eigenvalue weighted by atomic mass is 16.5. The van der Waals surface area contributed by atoms with Crippen LogP contribution in [-0.4, -0.2) is 18.0 Å². The van der Waals surface area contributed by atoms with Gasteiger partial charge in [-0.15, -0.1) is 0 Å². The zero-order valence-corrected chi connectivity index (χ0v) is 15.2. The number of fused-ring (bicyclic) bond motifs is 2. The van der Waals surface area contributed by atoms with Gasteiger partial charge in [-0.25, -0.2) is 0 Å². The third-order valence-electron chi connectivity index (χ3n) is 5.45. The zero-order valence-electron chi connectivity index (χ0n) is 15.2. The second kappa shape index (κ2) is 7.50. The van der Waals surface area contributed by atoms with E-state index in [4.69, 9.17) is 4.74 Å². The van der Waals surface area contributed by atoms with Crippen LogP contribution in [0.1, 0.15) is 37.7 Å². The number of hydrogen-bond acceptors (Lipinski definition) is 3. The monoisotopic (exact) mass is 350 g/mol. The molecule has 4 nitrogen and oxygen atoms in total. The number of piperidine rings is 1. The lowest BCUT2D eigenvalue weighted by molar-refractivity contribution is -0.117. The number of rotatable bonds is 5. The molecule has 0 radical (unpaired) electrons. The maximum absolute atomic E-state index is 12.6. The van der Waals surface area contributed by atoms with Crippen LogP contribution < -0.4 is 15.4 Å². The van der Waals surface area contributed by atoms with Crippen molar-refractivity contribution >= 4 is 11.6 Å². The second-order valence-electron chi connectivity index (χ2n) is 7.64. The smallest absolute Gasteiger partial charge is 0.224 e. The van der Waals surface area contributed by atoms with E-state index in [-0.39, 0.29) is 5.91 Å². The third kappa shape index (κ3) is 4.07. The number of benzene rings is 2. The highest BCUT2D eigenvalue weighted by Gasteiger charge is 2.34. The van der Waals surface area contributed by atoms with Gasteiger partial charge in [0.15, 0.2) is 5.75 Å². The molecule has 1 amide bonds. The molecule has 0 saturated carbocycles. The number of carbonyl (C=O) groups is 1. The molecule has 0 aliphatic carbocycles. The second-order valence-corrected chi connectivity index (χ2v) is 7.64. The van der Waals surface area contributed by atoms with Gasteiger partial charge in [-0.05, 0) is 62.8 Å². The van der Waals surface area contributed by atoms with Gasteiger partial charge in [-0.2, -0.15) is 0 Å². The van der Waals surface area contributed by atoms with Gasteiger partial charge >= 0.3 is 0 Å². The average Bonchev–Trinajstić information content (AvgIpc) is 2.97. The van der Waals surface area contributed by atoms with Crippen molar-refractivity contribution in [3.8, 4) is 11.5 Å². The molecule has 2 aliphatic heterocycles. The summed E-state index contributed by atoms with van der Waals surface area (Å²) in [5.41, 5.74) is 1.92. The number of hydrogen-bond donors (Lipinski definition) is 2. The molecule has 2 aromatic rings. The topological polar surface area (TPSA) is 50.4 Å². The van der Waals surface area contributed by atoms with Crippen molar-refractivity contribution in [2.45, 2.75) is 51.1 Å². The maximum Gasteiger partial charge on any atom is 0.224 e. The summed E-state index contributed by atoms with van der Waals surface area (Å²) < 4.78 is 5.97. The molecule has 0 aromatic heterocycles. The molecular weight excluding hydrogens is 324 g/mol. The third-order valence-corrected chi connectivity index (χ3v) is 5.45. The van der Waals surface area contributed by atoms with Crippen LogP contribution in [0, 0.1) is 12.8 Å². The Hall–Kier alpha value is -2.33. The highest BCUT2D eigenvalue weighted by Crippen LogP contribution is 2.34. The Labute approximate surface area is 155 Å². The molecule has 2 N–H and O–H groups in total. The maximum atomic E-state index is 12.6. The summed E-state index contributed by atoms with van der Waals surface area (Å²) >= 11 is 0. The Kier molecular flexibility index (Phi) is 4.93. The molecule has 2 heterocycles. The summed E-state index contributed by atoms with van der Waals surface area (Å²) in [7, 11) is 0. The summed E-state index contributed by atoms with van der Waals surface area (Å²) in [5, 5.41) is 6.69. The van der Waals surface area contributed by atoms with Crippen LogP contribution in [0.2, 0.25) is 0 Å². The first-order chi connectivity index (χ1) is 12.7. The lowest BCUT2D eigenvalue weighted by Crippen LogP contribution is -2.39. The Morgan fingerprint density at radius 2 is 1.77 bits per heavy atom. The van der Waals surface area contributed by atoms with E-state index in [0.29, 0.717) is 30.2 Å². The van der Waals surface area contributed by atoms with Gasteiger partial charge in [0.1, 0.15) is 5.75 Å². The normalized spacial score (nSPS) is 24.3. The van der Waals surface area contributed by atoms with Gasteiger partial charge in [-0.1, -0.05) is 29.8 Å². The molecule has 2 saturated heterocycles. The molecule has 26 heavy (non-hydrogen) atoms. The first-order valence-corrected chi connectivity index (χ1v) is 9.55. The van der Waals surface area contributed by atoms with Crippen molar-refractivity contribution in [3.05, 3.63) is 54.1 Å². The number of anilines is 1. The van der Waals surface area contributed by atoms with E-state index in [1.165, 1.54) is 18.4 Å². The summed E-state index contributed by atoms with van der Waals surface area (Å²) in [6.07, 6.45) is 5.34. The van der Waals surface area contributed by atoms with E-state index < -0.39 is 0 Å². The molecule has 2 aliphatic rings. The number of carbonyl (C=O) groups excluding carboxylic acids is 1. The fourth-order valence-electron chi connectivity index (χ4n) is 4.20. The van der Waals surface area contributed by atoms with Gasteiger partial charge in [-0.3, -0.25) is 4.79 Å². The first kappa shape index (κ1) is 17.1. The van der Waals surface area contributed by atoms with Crippen molar-refractivity contribution in [3.63, 3.8) is 0 Å². The minimum atomic E-state index is 0.0799. The van der Waals surface area contributed by atoms with Gasteiger partial charge in [0, 0.05) is 18.5 Å². The Bertz CT molecular complexity index is 760. The van der Waals surface area contributed by atoms with Crippen molar-refractivity contribution in [2.24, 2.45) is 5.92 Å². The molecule has 0 spiro atoms. The summed E-state index contributed by atoms with van der Waals surface area (Å²) in [6.45, 7) is 2.05. The van der Waals surface area contributed by atoms with E-state index in [1.54, 1.807) is 0 Å². The van der Waals surface area contributed by atoms with Crippen LogP contribution in [0.5, 0.6) is 11.5 Å². The Balaban J connectivity index is 1.39. The number of aryl methyl sites for hydroxylation is 1. The highest BCUT2D eigenvalue weighted by molar-refractivity contribution is 5.92. The van der Waals surface area contributed by atoms with Crippen LogP contribution in [0.3, 0.4) is 0 Å². The zero-order chi connectivity index (χ0) is 17.9. The van der Waals surface area contributed by atoms with E-state index in [0.717, 1.165) is 24.3 Å². The lowest BCUT2D eigenvalue weighted by Gasteiger charge is -2.28. The molecule has 2 bridgehead atoms. The standard InChI is InChI=1S/C22H26N2O2/c1-15-6-10-19(11-7-15)26-21-5-3-2-4-20(21)24-22(25)14-16-12-17-8-9-18(13-16)23-17/h2-7,10-11,16-18,23H,8-9,12-14H2,1H3,(H,24,25). The summed E-state index contributed by atoms with van der Waals surface area (Å²) in [5.74, 6) is 2.01. The van der Waals surface area contributed by atoms with Crippen molar-refractivity contribution in [2.75, 3.05) is 5.32 Å².